The quantitative estimate of drug-likeness (QED) is 0.584. The van der Waals surface area contributed by atoms with E-state index >= 15 is 0 Å². The summed E-state index contributed by atoms with van der Waals surface area (Å²) >= 11 is 5.83. The molecule has 0 bridgehead atoms. The first kappa shape index (κ1) is 11.9. The second kappa shape index (κ2) is 5.61. The van der Waals surface area contributed by atoms with E-state index in [4.69, 9.17) is 16.3 Å². The molecule has 0 radical (unpaired) electrons. The van der Waals surface area contributed by atoms with Crippen molar-refractivity contribution in [2.24, 2.45) is 0 Å². The fraction of sp³-hybridized carbons (Fsp3) is 0.364. The Morgan fingerprint density at radius 2 is 1.93 bits per heavy atom. The Labute approximate surface area is 93.9 Å². The van der Waals surface area contributed by atoms with Gasteiger partial charge in [-0.25, -0.2) is 0 Å². The van der Waals surface area contributed by atoms with Crippen LogP contribution in [0.4, 0.5) is 0 Å². The number of hydrogen-bond donors (Lipinski definition) is 0. The minimum absolute atomic E-state index is 0.410. The van der Waals surface area contributed by atoms with Gasteiger partial charge in [-0.3, -0.25) is 4.79 Å². The third kappa shape index (κ3) is 3.44. The summed E-state index contributed by atoms with van der Waals surface area (Å²) in [5.74, 6) is 0.371. The Morgan fingerprint density at radius 3 is 2.40 bits per heavy atom. The second-order valence-electron chi connectivity index (χ2n) is 3.04. The zero-order chi connectivity index (χ0) is 11.3. The van der Waals surface area contributed by atoms with Crippen molar-refractivity contribution < 1.29 is 14.3 Å². The minimum atomic E-state index is -0.636. The summed E-state index contributed by atoms with van der Waals surface area (Å²) in [6.45, 7) is 0. The van der Waals surface area contributed by atoms with Crippen molar-refractivity contribution in [1.29, 1.82) is 0 Å². The van der Waals surface area contributed by atoms with Crippen molar-refractivity contribution >= 4 is 17.6 Å². The Bertz CT molecular complexity index is 321. The Hall–Kier alpha value is -1.22. The van der Waals surface area contributed by atoms with Gasteiger partial charge in [-0.15, -0.1) is 11.6 Å². The number of alkyl halides is 1. The van der Waals surface area contributed by atoms with E-state index in [-0.39, 0.29) is 0 Å². The number of rotatable bonds is 4. The van der Waals surface area contributed by atoms with E-state index in [9.17, 15) is 4.79 Å². The number of methoxy groups -OCH3 is 2. The molecule has 4 heteroatoms. The van der Waals surface area contributed by atoms with Crippen molar-refractivity contribution in [1.82, 2.24) is 0 Å². The molecule has 0 aromatic heterocycles. The normalized spacial score (nSPS) is 11.9. The molecule has 0 fully saturated rings. The highest BCUT2D eigenvalue weighted by Crippen LogP contribution is 2.14. The van der Waals surface area contributed by atoms with E-state index in [1.165, 1.54) is 7.11 Å². The molecule has 0 aliphatic carbocycles. The van der Waals surface area contributed by atoms with Crippen molar-refractivity contribution in [2.75, 3.05) is 14.2 Å². The molecule has 0 aliphatic heterocycles. The first-order chi connectivity index (χ1) is 7.17. The SMILES string of the molecule is COC(=O)[C@H](Cl)Cc1ccc(OC)cc1. The maximum Gasteiger partial charge on any atom is 0.324 e. The standard InChI is InChI=1S/C11H13ClO3/c1-14-9-5-3-8(4-6-9)7-10(12)11(13)15-2/h3-6,10H,7H2,1-2H3/t10-/m1/s1. The summed E-state index contributed by atoms with van der Waals surface area (Å²) in [5, 5.41) is -0.636. The van der Waals surface area contributed by atoms with Crippen molar-refractivity contribution in [3.8, 4) is 5.75 Å². The number of carbonyl (C=O) groups is 1. The molecule has 1 atom stereocenters. The number of benzene rings is 1. The molecule has 0 heterocycles. The van der Waals surface area contributed by atoms with Gasteiger partial charge in [0.15, 0.2) is 0 Å². The minimum Gasteiger partial charge on any atom is -0.497 e. The van der Waals surface area contributed by atoms with Crippen LogP contribution in [0.25, 0.3) is 0 Å². The summed E-state index contributed by atoms with van der Waals surface area (Å²) in [6, 6.07) is 7.40. The van der Waals surface area contributed by atoms with E-state index in [0.29, 0.717) is 6.42 Å². The van der Waals surface area contributed by atoms with E-state index in [1.54, 1.807) is 7.11 Å². The average Bonchev–Trinajstić information content (AvgIpc) is 2.29. The van der Waals surface area contributed by atoms with E-state index in [1.807, 2.05) is 24.3 Å². The molecule has 82 valence electrons. The van der Waals surface area contributed by atoms with Crippen LogP contribution in [-0.4, -0.2) is 25.6 Å². The second-order valence-corrected chi connectivity index (χ2v) is 3.57. The lowest BCUT2D eigenvalue weighted by atomic mass is 10.1. The number of ether oxygens (including phenoxy) is 2. The predicted molar refractivity (Wildman–Crippen MR) is 58.4 cm³/mol. The molecule has 0 saturated carbocycles. The largest absolute Gasteiger partial charge is 0.497 e. The monoisotopic (exact) mass is 228 g/mol. The van der Waals surface area contributed by atoms with Crippen molar-refractivity contribution in [3.05, 3.63) is 29.8 Å². The van der Waals surface area contributed by atoms with Gasteiger partial charge in [-0.2, -0.15) is 0 Å². The van der Waals surface area contributed by atoms with Crippen molar-refractivity contribution in [2.45, 2.75) is 11.8 Å². The summed E-state index contributed by atoms with van der Waals surface area (Å²) < 4.78 is 9.55. The van der Waals surface area contributed by atoms with Crippen LogP contribution < -0.4 is 4.74 Å². The van der Waals surface area contributed by atoms with Crippen molar-refractivity contribution in [3.63, 3.8) is 0 Å². The molecule has 0 unspecified atom stereocenters. The summed E-state index contributed by atoms with van der Waals surface area (Å²) in [7, 11) is 2.93. The predicted octanol–water partition coefficient (Wildman–Crippen LogP) is 2.02. The fourth-order valence-electron chi connectivity index (χ4n) is 1.18. The van der Waals surface area contributed by atoms with Crippen LogP contribution >= 0.6 is 11.6 Å². The first-order valence-electron chi connectivity index (χ1n) is 4.52. The van der Waals surface area contributed by atoms with Crippen LogP contribution in [-0.2, 0) is 16.0 Å². The topological polar surface area (TPSA) is 35.5 Å². The molecule has 0 saturated heterocycles. The highest BCUT2D eigenvalue weighted by atomic mass is 35.5. The molecule has 0 aliphatic rings. The molecule has 1 rings (SSSR count). The van der Waals surface area contributed by atoms with Gasteiger partial charge in [0.25, 0.3) is 0 Å². The van der Waals surface area contributed by atoms with Crippen LogP contribution in [0, 0.1) is 0 Å². The highest BCUT2D eigenvalue weighted by molar-refractivity contribution is 6.30. The molecular weight excluding hydrogens is 216 g/mol. The van der Waals surface area contributed by atoms with Gasteiger partial charge < -0.3 is 9.47 Å². The maximum atomic E-state index is 11.1. The molecule has 1 aromatic rings. The number of halogens is 1. The Balaban J connectivity index is 2.60. The van der Waals surface area contributed by atoms with Gasteiger partial charge >= 0.3 is 5.97 Å². The molecule has 15 heavy (non-hydrogen) atoms. The lowest BCUT2D eigenvalue weighted by molar-refractivity contribution is -0.140. The summed E-state index contributed by atoms with van der Waals surface area (Å²) in [5.41, 5.74) is 0.973. The number of carbonyl (C=O) groups excluding carboxylic acids is 1. The number of esters is 1. The Morgan fingerprint density at radius 1 is 1.33 bits per heavy atom. The third-order valence-electron chi connectivity index (χ3n) is 2.03. The van der Waals surface area contributed by atoms with E-state index in [0.717, 1.165) is 11.3 Å². The van der Waals surface area contributed by atoms with E-state index < -0.39 is 11.3 Å². The molecule has 0 spiro atoms. The van der Waals surface area contributed by atoms with Gasteiger partial charge in [-0.1, -0.05) is 12.1 Å². The lowest BCUT2D eigenvalue weighted by Crippen LogP contribution is -2.18. The van der Waals surface area contributed by atoms with E-state index in [2.05, 4.69) is 4.74 Å². The fourth-order valence-corrected chi connectivity index (χ4v) is 1.45. The Kier molecular flexibility index (Phi) is 4.43. The van der Waals surface area contributed by atoms with Crippen LogP contribution in [0.5, 0.6) is 5.75 Å². The first-order valence-corrected chi connectivity index (χ1v) is 4.96. The summed E-state index contributed by atoms with van der Waals surface area (Å²) in [6.07, 6.45) is 0.457. The van der Waals surface area contributed by atoms with Gasteiger partial charge in [0.1, 0.15) is 11.1 Å². The van der Waals surface area contributed by atoms with Crippen LogP contribution in [0.1, 0.15) is 5.56 Å². The molecule has 0 N–H and O–H groups in total. The lowest BCUT2D eigenvalue weighted by Gasteiger charge is -2.07. The number of hydrogen-bond acceptors (Lipinski definition) is 3. The smallest absolute Gasteiger partial charge is 0.324 e. The van der Waals surface area contributed by atoms with Crippen LogP contribution in [0.2, 0.25) is 0 Å². The van der Waals surface area contributed by atoms with Crippen LogP contribution in [0.3, 0.4) is 0 Å². The van der Waals surface area contributed by atoms with Gasteiger partial charge in [-0.05, 0) is 24.1 Å². The zero-order valence-corrected chi connectivity index (χ0v) is 9.45. The van der Waals surface area contributed by atoms with Gasteiger partial charge in [0.2, 0.25) is 0 Å². The van der Waals surface area contributed by atoms with Gasteiger partial charge in [0, 0.05) is 0 Å². The van der Waals surface area contributed by atoms with Gasteiger partial charge in [0.05, 0.1) is 14.2 Å². The molecule has 0 amide bonds. The molecular formula is C11H13ClO3. The summed E-state index contributed by atoms with van der Waals surface area (Å²) in [4.78, 5) is 11.1. The average molecular weight is 229 g/mol. The molecule has 3 nitrogen and oxygen atoms in total. The maximum absolute atomic E-state index is 11.1. The third-order valence-corrected chi connectivity index (χ3v) is 2.36. The molecule has 1 aromatic carbocycles. The zero-order valence-electron chi connectivity index (χ0n) is 8.70. The highest BCUT2D eigenvalue weighted by Gasteiger charge is 2.15. The van der Waals surface area contributed by atoms with Crippen LogP contribution in [0.15, 0.2) is 24.3 Å².